The first-order valence-corrected chi connectivity index (χ1v) is 3.88. The van der Waals surface area contributed by atoms with Crippen LogP contribution in [0.3, 0.4) is 0 Å². The maximum absolute atomic E-state index is 10.7. The van der Waals surface area contributed by atoms with E-state index in [9.17, 15) is 4.79 Å². The molecule has 0 saturated carbocycles. The highest BCUT2D eigenvalue weighted by molar-refractivity contribution is 7.10. The largest absolute Gasteiger partial charge is 0.493 e. The fourth-order valence-corrected chi connectivity index (χ4v) is 1.21. The average molecular weight is 173 g/mol. The van der Waals surface area contributed by atoms with E-state index < -0.39 is 0 Å². The molecule has 60 valence electrons. The Labute approximate surface area is 67.1 Å². The highest BCUT2D eigenvalue weighted by Crippen LogP contribution is 2.13. The molecule has 1 heterocycles. The minimum absolute atomic E-state index is 0.206. The SMILES string of the molecule is CCOc1nc(O)cc(=O)s1. The highest BCUT2D eigenvalue weighted by Gasteiger charge is 1.99. The fourth-order valence-electron chi connectivity index (χ4n) is 0.555. The van der Waals surface area contributed by atoms with E-state index in [4.69, 9.17) is 9.84 Å². The van der Waals surface area contributed by atoms with E-state index in [0.717, 1.165) is 17.4 Å². The van der Waals surface area contributed by atoms with Crippen molar-refractivity contribution in [3.05, 3.63) is 15.6 Å². The third-order valence-electron chi connectivity index (χ3n) is 0.909. The lowest BCUT2D eigenvalue weighted by molar-refractivity contribution is 0.330. The second-order valence-electron chi connectivity index (χ2n) is 1.73. The van der Waals surface area contributed by atoms with E-state index in [1.165, 1.54) is 0 Å². The van der Waals surface area contributed by atoms with Crippen molar-refractivity contribution in [2.45, 2.75) is 6.92 Å². The van der Waals surface area contributed by atoms with Crippen LogP contribution >= 0.6 is 11.3 Å². The molecule has 5 heteroatoms. The molecule has 1 N–H and O–H groups in total. The van der Waals surface area contributed by atoms with Crippen LogP contribution in [0.2, 0.25) is 0 Å². The second-order valence-corrected chi connectivity index (χ2v) is 2.69. The van der Waals surface area contributed by atoms with Crippen molar-refractivity contribution in [1.29, 1.82) is 0 Å². The molecule has 0 spiro atoms. The molecule has 11 heavy (non-hydrogen) atoms. The number of aromatic hydroxyl groups is 1. The molecular weight excluding hydrogens is 166 g/mol. The molecule has 0 unspecified atom stereocenters. The van der Waals surface area contributed by atoms with Crippen molar-refractivity contribution in [3.8, 4) is 11.1 Å². The van der Waals surface area contributed by atoms with Crippen molar-refractivity contribution < 1.29 is 9.84 Å². The summed E-state index contributed by atoms with van der Waals surface area (Å²) in [6.45, 7) is 2.22. The van der Waals surface area contributed by atoms with Gasteiger partial charge in [0, 0.05) is 0 Å². The van der Waals surface area contributed by atoms with Gasteiger partial charge in [0.2, 0.25) is 10.6 Å². The van der Waals surface area contributed by atoms with Gasteiger partial charge in [-0.2, -0.15) is 4.98 Å². The van der Waals surface area contributed by atoms with Crippen molar-refractivity contribution in [2.75, 3.05) is 6.61 Å². The zero-order valence-corrected chi connectivity index (χ0v) is 6.72. The third kappa shape index (κ3) is 2.19. The highest BCUT2D eigenvalue weighted by atomic mass is 32.1. The maximum Gasteiger partial charge on any atom is 0.279 e. The smallest absolute Gasteiger partial charge is 0.279 e. The Kier molecular flexibility index (Phi) is 2.43. The van der Waals surface area contributed by atoms with Gasteiger partial charge in [0.15, 0.2) is 0 Å². The minimum Gasteiger partial charge on any atom is -0.493 e. The molecular formula is C6H7NO3S. The van der Waals surface area contributed by atoms with Crippen LogP contribution in [0.4, 0.5) is 0 Å². The van der Waals surface area contributed by atoms with Gasteiger partial charge in [-0.1, -0.05) is 0 Å². The molecule has 0 aromatic carbocycles. The zero-order valence-electron chi connectivity index (χ0n) is 5.90. The molecule has 1 aromatic heterocycles. The first-order chi connectivity index (χ1) is 5.22. The first kappa shape index (κ1) is 8.00. The molecule has 0 aliphatic rings. The number of nitrogens with zero attached hydrogens (tertiary/aromatic N) is 1. The van der Waals surface area contributed by atoms with Crippen LogP contribution in [0.15, 0.2) is 10.9 Å². The Morgan fingerprint density at radius 1 is 1.82 bits per heavy atom. The molecule has 0 bridgehead atoms. The predicted octanol–water partition coefficient (Wildman–Crippen LogP) is 0.608. The van der Waals surface area contributed by atoms with Crippen LogP contribution < -0.4 is 9.48 Å². The molecule has 0 atom stereocenters. The summed E-state index contributed by atoms with van der Waals surface area (Å²) in [4.78, 5) is 14.3. The van der Waals surface area contributed by atoms with Crippen molar-refractivity contribution in [3.63, 3.8) is 0 Å². The molecule has 0 radical (unpaired) electrons. The summed E-state index contributed by atoms with van der Waals surface area (Å²) in [5.74, 6) is -0.294. The van der Waals surface area contributed by atoms with Crippen molar-refractivity contribution >= 4 is 11.3 Å². The summed E-state index contributed by atoms with van der Waals surface area (Å²) in [5, 5.41) is 9.04. The molecule has 0 aliphatic carbocycles. The number of hydrogen-bond donors (Lipinski definition) is 1. The molecule has 1 rings (SSSR count). The fraction of sp³-hybridized carbons (Fsp3) is 0.333. The van der Waals surface area contributed by atoms with Crippen molar-refractivity contribution in [2.24, 2.45) is 0 Å². The number of aromatic nitrogens is 1. The van der Waals surface area contributed by atoms with Gasteiger partial charge in [-0.15, -0.1) is 0 Å². The van der Waals surface area contributed by atoms with Gasteiger partial charge in [0.25, 0.3) is 5.19 Å². The number of hydrogen-bond acceptors (Lipinski definition) is 5. The average Bonchev–Trinajstić information content (AvgIpc) is 1.85. The van der Waals surface area contributed by atoms with Crippen molar-refractivity contribution in [1.82, 2.24) is 4.98 Å². The predicted molar refractivity (Wildman–Crippen MR) is 41.2 cm³/mol. The van der Waals surface area contributed by atoms with E-state index in [2.05, 4.69) is 4.98 Å². The normalized spacial score (nSPS) is 9.55. The third-order valence-corrected chi connectivity index (χ3v) is 1.61. The monoisotopic (exact) mass is 173 g/mol. The van der Waals surface area contributed by atoms with Gasteiger partial charge >= 0.3 is 0 Å². The molecule has 0 saturated heterocycles. The summed E-state index contributed by atoms with van der Waals surface area (Å²) < 4.78 is 4.65. The van der Waals surface area contributed by atoms with Gasteiger partial charge in [0.1, 0.15) is 0 Å². The summed E-state index contributed by atoms with van der Waals surface area (Å²) in [5.41, 5.74) is 0. The summed E-state index contributed by atoms with van der Waals surface area (Å²) in [7, 11) is 0. The van der Waals surface area contributed by atoms with Gasteiger partial charge in [-0.05, 0) is 18.3 Å². The Bertz CT molecular complexity index is 296. The number of rotatable bonds is 2. The van der Waals surface area contributed by atoms with Crippen LogP contribution in [0.25, 0.3) is 0 Å². The lowest BCUT2D eigenvalue weighted by Gasteiger charge is -1.97. The van der Waals surface area contributed by atoms with Crippen LogP contribution in [0.1, 0.15) is 6.92 Å². The van der Waals surface area contributed by atoms with Crippen LogP contribution in [-0.4, -0.2) is 16.7 Å². The first-order valence-electron chi connectivity index (χ1n) is 3.06. The molecule has 1 aromatic rings. The molecule has 4 nitrogen and oxygen atoms in total. The Balaban J connectivity index is 2.99. The standard InChI is InChI=1S/C6H7NO3S/c1-2-10-6-7-4(8)3-5(9)11-6/h3,8H,2H2,1H3. The molecule has 0 fully saturated rings. The van der Waals surface area contributed by atoms with Crippen LogP contribution in [0.5, 0.6) is 11.1 Å². The van der Waals surface area contributed by atoms with Gasteiger partial charge in [0.05, 0.1) is 12.7 Å². The lowest BCUT2D eigenvalue weighted by Crippen LogP contribution is -1.98. The van der Waals surface area contributed by atoms with E-state index >= 15 is 0 Å². The summed E-state index contributed by atoms with van der Waals surface area (Å²) in [6.07, 6.45) is 0. The zero-order chi connectivity index (χ0) is 8.27. The topological polar surface area (TPSA) is 59.4 Å². The Morgan fingerprint density at radius 3 is 3.09 bits per heavy atom. The van der Waals surface area contributed by atoms with Gasteiger partial charge in [-0.3, -0.25) is 4.79 Å². The van der Waals surface area contributed by atoms with E-state index in [1.54, 1.807) is 6.92 Å². The molecule has 0 amide bonds. The lowest BCUT2D eigenvalue weighted by atomic mass is 10.7. The Hall–Kier alpha value is -1.10. The van der Waals surface area contributed by atoms with Crippen LogP contribution in [-0.2, 0) is 0 Å². The summed E-state index contributed by atoms with van der Waals surface area (Å²) in [6, 6.07) is 1.05. The quantitative estimate of drug-likeness (QED) is 0.711. The van der Waals surface area contributed by atoms with E-state index in [1.807, 2.05) is 0 Å². The molecule has 0 aliphatic heterocycles. The number of ether oxygens (including phenoxy) is 1. The Morgan fingerprint density at radius 2 is 2.55 bits per heavy atom. The van der Waals surface area contributed by atoms with Crippen LogP contribution in [0, 0.1) is 0 Å². The maximum atomic E-state index is 10.7. The van der Waals surface area contributed by atoms with E-state index in [-0.39, 0.29) is 15.8 Å². The van der Waals surface area contributed by atoms with Gasteiger partial charge < -0.3 is 9.84 Å². The minimum atomic E-state index is -0.294. The van der Waals surface area contributed by atoms with Gasteiger partial charge in [-0.25, -0.2) is 0 Å². The summed E-state index contributed by atoms with van der Waals surface area (Å²) >= 11 is 0.867. The second kappa shape index (κ2) is 3.34. The van der Waals surface area contributed by atoms with E-state index in [0.29, 0.717) is 6.61 Å².